The lowest BCUT2D eigenvalue weighted by atomic mass is 10.1. The van der Waals surface area contributed by atoms with Gasteiger partial charge in [0.25, 0.3) is 0 Å². The first-order valence-corrected chi connectivity index (χ1v) is 7.46. The molecule has 0 aromatic carbocycles. The molecule has 2 rings (SSSR count). The second-order valence-electron chi connectivity index (χ2n) is 5.07. The first kappa shape index (κ1) is 15.5. The van der Waals surface area contributed by atoms with E-state index in [0.29, 0.717) is 0 Å². The molecule has 2 aromatic heterocycles. The fraction of sp³-hybridized carbons (Fsp3) is 0.500. The Kier molecular flexibility index (Phi) is 5.33. The van der Waals surface area contributed by atoms with Crippen LogP contribution in [0.25, 0.3) is 0 Å². The van der Waals surface area contributed by atoms with Crippen LogP contribution in [0.4, 0.5) is 0 Å². The summed E-state index contributed by atoms with van der Waals surface area (Å²) in [5.74, 6) is 0.803. The lowest BCUT2D eigenvalue weighted by Gasteiger charge is -2.20. The van der Waals surface area contributed by atoms with E-state index in [1.54, 1.807) is 13.3 Å². The summed E-state index contributed by atoms with van der Waals surface area (Å²) in [6.45, 7) is 8.03. The Bertz CT molecular complexity index is 579. The lowest BCUT2D eigenvalue weighted by molar-refractivity contribution is 0.397. The molecular weight excluding hydrogens is 264 g/mol. The molecule has 1 N–H and O–H groups in total. The van der Waals surface area contributed by atoms with E-state index < -0.39 is 0 Å². The highest BCUT2D eigenvalue weighted by atomic mass is 16.5. The zero-order valence-electron chi connectivity index (χ0n) is 13.3. The van der Waals surface area contributed by atoms with Crippen molar-refractivity contribution in [2.24, 2.45) is 0 Å². The van der Waals surface area contributed by atoms with Gasteiger partial charge in [-0.15, -0.1) is 0 Å². The number of methoxy groups -OCH3 is 1. The van der Waals surface area contributed by atoms with Crippen molar-refractivity contribution in [3.63, 3.8) is 0 Å². The van der Waals surface area contributed by atoms with E-state index >= 15 is 0 Å². The normalized spacial score (nSPS) is 12.4. The van der Waals surface area contributed by atoms with Gasteiger partial charge in [0.1, 0.15) is 5.69 Å². The number of hydrogen-bond acceptors (Lipinski definition) is 4. The van der Waals surface area contributed by atoms with Crippen LogP contribution in [0, 0.1) is 6.92 Å². The van der Waals surface area contributed by atoms with Gasteiger partial charge in [-0.1, -0.05) is 13.8 Å². The van der Waals surface area contributed by atoms with E-state index in [0.717, 1.165) is 36.6 Å². The third kappa shape index (κ3) is 3.42. The summed E-state index contributed by atoms with van der Waals surface area (Å²) >= 11 is 0. The van der Waals surface area contributed by atoms with Gasteiger partial charge in [0.05, 0.1) is 25.0 Å². The number of ether oxygens (including phenoxy) is 1. The summed E-state index contributed by atoms with van der Waals surface area (Å²) in [7, 11) is 1.68. The smallest absolute Gasteiger partial charge is 0.161 e. The summed E-state index contributed by atoms with van der Waals surface area (Å²) in [5, 5.41) is 7.95. The molecule has 5 heteroatoms. The quantitative estimate of drug-likeness (QED) is 0.851. The number of nitrogens with one attached hydrogen (secondary N) is 1. The van der Waals surface area contributed by atoms with Crippen LogP contribution >= 0.6 is 0 Å². The maximum Gasteiger partial charge on any atom is 0.161 e. The van der Waals surface area contributed by atoms with Gasteiger partial charge in [-0.05, 0) is 37.6 Å². The van der Waals surface area contributed by atoms with Gasteiger partial charge >= 0.3 is 0 Å². The number of rotatable bonds is 7. The van der Waals surface area contributed by atoms with Crippen molar-refractivity contribution in [3.05, 3.63) is 41.5 Å². The van der Waals surface area contributed by atoms with Gasteiger partial charge in [0.15, 0.2) is 5.75 Å². The van der Waals surface area contributed by atoms with Gasteiger partial charge in [-0.3, -0.25) is 9.67 Å². The van der Waals surface area contributed by atoms with Crippen molar-refractivity contribution >= 4 is 0 Å². The Balaban J connectivity index is 2.49. The largest absolute Gasteiger partial charge is 0.493 e. The van der Waals surface area contributed by atoms with Crippen LogP contribution in [0.5, 0.6) is 5.75 Å². The van der Waals surface area contributed by atoms with Gasteiger partial charge in [0.2, 0.25) is 0 Å². The maximum atomic E-state index is 5.50. The number of hydrogen-bond donors (Lipinski definition) is 1. The fourth-order valence-electron chi connectivity index (χ4n) is 2.48. The van der Waals surface area contributed by atoms with Gasteiger partial charge in [-0.25, -0.2) is 0 Å². The predicted molar refractivity (Wildman–Crippen MR) is 83.6 cm³/mol. The van der Waals surface area contributed by atoms with Crippen molar-refractivity contribution in [3.8, 4) is 5.75 Å². The van der Waals surface area contributed by atoms with Crippen LogP contribution in [0.3, 0.4) is 0 Å². The van der Waals surface area contributed by atoms with Crippen molar-refractivity contribution in [2.45, 2.75) is 39.8 Å². The van der Waals surface area contributed by atoms with Crippen LogP contribution in [-0.4, -0.2) is 28.4 Å². The lowest BCUT2D eigenvalue weighted by Crippen LogP contribution is -2.26. The third-order valence-electron chi connectivity index (χ3n) is 3.41. The molecule has 0 bridgehead atoms. The molecule has 0 aliphatic carbocycles. The Morgan fingerprint density at radius 2 is 2.19 bits per heavy atom. The average molecular weight is 288 g/mol. The van der Waals surface area contributed by atoms with E-state index in [4.69, 9.17) is 4.74 Å². The molecule has 2 heterocycles. The minimum Gasteiger partial charge on any atom is -0.493 e. The Hall–Kier alpha value is -1.88. The van der Waals surface area contributed by atoms with E-state index in [2.05, 4.69) is 42.2 Å². The molecule has 0 amide bonds. The van der Waals surface area contributed by atoms with E-state index in [1.807, 2.05) is 16.9 Å². The molecule has 21 heavy (non-hydrogen) atoms. The Morgan fingerprint density at radius 1 is 1.38 bits per heavy atom. The maximum absolute atomic E-state index is 5.50. The van der Waals surface area contributed by atoms with Gasteiger partial charge in [0, 0.05) is 12.7 Å². The molecule has 0 fully saturated rings. The van der Waals surface area contributed by atoms with Crippen LogP contribution in [0.1, 0.15) is 43.3 Å². The molecule has 1 unspecified atom stereocenters. The predicted octanol–water partition coefficient (Wildman–Crippen LogP) is 2.70. The minimum atomic E-state index is -0.0149. The average Bonchev–Trinajstić information content (AvgIpc) is 2.88. The molecule has 0 aliphatic rings. The highest BCUT2D eigenvalue weighted by molar-refractivity contribution is 5.35. The highest BCUT2D eigenvalue weighted by Gasteiger charge is 2.23. The summed E-state index contributed by atoms with van der Waals surface area (Å²) in [4.78, 5) is 4.53. The van der Waals surface area contributed by atoms with Crippen molar-refractivity contribution in [1.82, 2.24) is 20.1 Å². The standard InChI is InChI=1S/C16H24N4O/c1-5-9-20-16(14(21-4)11-19-20)15(17-6-2)13-10-12(3)7-8-18-13/h7-8,10-11,15,17H,5-6,9H2,1-4H3. The van der Waals surface area contributed by atoms with E-state index in [9.17, 15) is 0 Å². The molecule has 5 nitrogen and oxygen atoms in total. The van der Waals surface area contributed by atoms with Crippen LogP contribution in [0.15, 0.2) is 24.5 Å². The zero-order chi connectivity index (χ0) is 15.2. The molecule has 1 atom stereocenters. The van der Waals surface area contributed by atoms with E-state index in [-0.39, 0.29) is 6.04 Å². The summed E-state index contributed by atoms with van der Waals surface area (Å²) in [6, 6.07) is 4.10. The molecule has 114 valence electrons. The second kappa shape index (κ2) is 7.22. The van der Waals surface area contributed by atoms with Crippen LogP contribution in [-0.2, 0) is 6.54 Å². The summed E-state index contributed by atoms with van der Waals surface area (Å²) in [6.07, 6.45) is 4.66. The fourth-order valence-corrected chi connectivity index (χ4v) is 2.48. The van der Waals surface area contributed by atoms with E-state index in [1.165, 1.54) is 5.56 Å². The Labute approximate surface area is 126 Å². The molecule has 0 radical (unpaired) electrons. The molecule has 0 aliphatic heterocycles. The molecule has 0 saturated carbocycles. The molecule has 0 saturated heterocycles. The number of aromatic nitrogens is 3. The van der Waals surface area contributed by atoms with Crippen molar-refractivity contribution in [2.75, 3.05) is 13.7 Å². The molecule has 0 spiro atoms. The second-order valence-corrected chi connectivity index (χ2v) is 5.07. The number of aryl methyl sites for hydroxylation is 2. The van der Waals surface area contributed by atoms with Crippen molar-refractivity contribution < 1.29 is 4.74 Å². The summed E-state index contributed by atoms with van der Waals surface area (Å²) in [5.41, 5.74) is 3.23. The van der Waals surface area contributed by atoms with Crippen LogP contribution in [0.2, 0.25) is 0 Å². The minimum absolute atomic E-state index is 0.0149. The molecular formula is C16H24N4O. The highest BCUT2D eigenvalue weighted by Crippen LogP contribution is 2.29. The van der Waals surface area contributed by atoms with Crippen LogP contribution < -0.4 is 10.1 Å². The number of pyridine rings is 1. The Morgan fingerprint density at radius 3 is 2.81 bits per heavy atom. The monoisotopic (exact) mass is 288 g/mol. The molecule has 2 aromatic rings. The first-order valence-electron chi connectivity index (χ1n) is 7.46. The van der Waals surface area contributed by atoms with Gasteiger partial charge < -0.3 is 10.1 Å². The SMILES string of the molecule is CCCn1ncc(OC)c1C(NCC)c1cc(C)ccn1. The van der Waals surface area contributed by atoms with Gasteiger partial charge in [-0.2, -0.15) is 5.10 Å². The number of nitrogens with zero attached hydrogens (tertiary/aromatic N) is 3. The zero-order valence-corrected chi connectivity index (χ0v) is 13.3. The third-order valence-corrected chi connectivity index (χ3v) is 3.41. The van der Waals surface area contributed by atoms with Crippen molar-refractivity contribution in [1.29, 1.82) is 0 Å². The summed E-state index contributed by atoms with van der Waals surface area (Å²) < 4.78 is 7.51. The first-order chi connectivity index (χ1) is 10.2. The topological polar surface area (TPSA) is 52.0 Å².